The Balaban J connectivity index is 2.50. The number of anilines is 1. The van der Waals surface area contributed by atoms with Crippen molar-refractivity contribution in [1.29, 1.82) is 0 Å². The lowest BCUT2D eigenvalue weighted by molar-refractivity contribution is 0.0600. The number of rotatable bonds is 4. The van der Waals surface area contributed by atoms with Crippen LogP contribution < -0.4 is 4.31 Å². The number of halogens is 3. The van der Waals surface area contributed by atoms with Gasteiger partial charge in [0.25, 0.3) is 10.0 Å². The molecule has 0 spiro atoms. The van der Waals surface area contributed by atoms with Crippen molar-refractivity contribution in [1.82, 2.24) is 0 Å². The van der Waals surface area contributed by atoms with Crippen LogP contribution in [0.1, 0.15) is 10.4 Å². The molecule has 0 aromatic heterocycles. The third-order valence-corrected chi connectivity index (χ3v) is 5.49. The molecule has 0 atom stereocenters. The Kier molecular flexibility index (Phi) is 5.10. The Labute approximate surface area is 142 Å². The average molecular weight is 376 g/mol. The molecule has 0 aliphatic rings. The highest BCUT2D eigenvalue weighted by Gasteiger charge is 2.27. The van der Waals surface area contributed by atoms with Crippen molar-refractivity contribution >= 4 is 33.3 Å². The fraction of sp³-hybridized carbons (Fsp3) is 0.133. The lowest BCUT2D eigenvalue weighted by atomic mass is 10.2. The smallest absolute Gasteiger partial charge is 0.337 e. The normalized spacial score (nSPS) is 11.2. The van der Waals surface area contributed by atoms with E-state index in [4.69, 9.17) is 11.6 Å². The van der Waals surface area contributed by atoms with Crippen molar-refractivity contribution < 1.29 is 26.7 Å². The van der Waals surface area contributed by atoms with Crippen LogP contribution in [-0.2, 0) is 14.8 Å². The van der Waals surface area contributed by atoms with Crippen LogP contribution in [0.3, 0.4) is 0 Å². The van der Waals surface area contributed by atoms with Crippen molar-refractivity contribution in [3.05, 3.63) is 58.6 Å². The van der Waals surface area contributed by atoms with Crippen LogP contribution in [0.4, 0.5) is 14.5 Å². The highest BCUT2D eigenvalue weighted by Crippen LogP contribution is 2.30. The molecular weight excluding hydrogens is 364 g/mol. The minimum Gasteiger partial charge on any atom is -0.465 e. The summed E-state index contributed by atoms with van der Waals surface area (Å²) in [4.78, 5) is 11.1. The van der Waals surface area contributed by atoms with Gasteiger partial charge in [-0.3, -0.25) is 4.31 Å². The molecule has 0 saturated carbocycles. The summed E-state index contributed by atoms with van der Waals surface area (Å²) in [5.41, 5.74) is -0.413. The van der Waals surface area contributed by atoms with Crippen LogP contribution in [0.15, 0.2) is 41.3 Å². The third kappa shape index (κ3) is 3.34. The standard InChI is InChI=1S/C15H12ClF2NO4S/c1-19(13-8-10(17)4-5-12(13)18)24(21,22)14-6-3-9(7-11(14)16)15(20)23-2/h3-8H,1-2H3. The zero-order chi connectivity index (χ0) is 18.1. The Hall–Kier alpha value is -2.19. The lowest BCUT2D eigenvalue weighted by Gasteiger charge is -2.21. The molecule has 0 amide bonds. The minimum absolute atomic E-state index is 0.0565. The summed E-state index contributed by atoms with van der Waals surface area (Å²) in [7, 11) is -2.03. The summed E-state index contributed by atoms with van der Waals surface area (Å²) in [5.74, 6) is -2.39. The molecule has 0 N–H and O–H groups in total. The first-order valence-electron chi connectivity index (χ1n) is 6.50. The Bertz CT molecular complexity index is 902. The van der Waals surface area contributed by atoms with Crippen molar-refractivity contribution in [2.45, 2.75) is 4.90 Å². The van der Waals surface area contributed by atoms with Crippen LogP contribution in [0.25, 0.3) is 0 Å². The van der Waals surface area contributed by atoms with Gasteiger partial charge in [-0.1, -0.05) is 11.6 Å². The van der Waals surface area contributed by atoms with Gasteiger partial charge in [0.1, 0.15) is 16.5 Å². The monoisotopic (exact) mass is 375 g/mol. The number of methoxy groups -OCH3 is 1. The summed E-state index contributed by atoms with van der Waals surface area (Å²) in [6.45, 7) is 0. The molecule has 5 nitrogen and oxygen atoms in total. The van der Waals surface area contributed by atoms with Crippen LogP contribution in [0.2, 0.25) is 5.02 Å². The van der Waals surface area contributed by atoms with E-state index < -0.39 is 33.3 Å². The van der Waals surface area contributed by atoms with Gasteiger partial charge in [-0.15, -0.1) is 0 Å². The predicted octanol–water partition coefficient (Wildman–Crippen LogP) is 3.23. The van der Waals surface area contributed by atoms with Crippen LogP contribution >= 0.6 is 11.6 Å². The molecule has 0 aliphatic carbocycles. The minimum atomic E-state index is -4.27. The summed E-state index contributed by atoms with van der Waals surface area (Å²) in [5, 5.41) is -0.249. The second-order valence-corrected chi connectivity index (χ2v) is 7.05. The fourth-order valence-electron chi connectivity index (χ4n) is 1.96. The number of hydrogen-bond donors (Lipinski definition) is 0. The van der Waals surface area contributed by atoms with Gasteiger partial charge >= 0.3 is 5.97 Å². The van der Waals surface area contributed by atoms with Gasteiger partial charge in [-0.25, -0.2) is 22.0 Å². The number of carbonyl (C=O) groups is 1. The first kappa shape index (κ1) is 18.2. The molecule has 0 fully saturated rings. The number of esters is 1. The molecular formula is C15H12ClF2NO4S. The van der Waals surface area contributed by atoms with E-state index in [-0.39, 0.29) is 15.5 Å². The quantitative estimate of drug-likeness (QED) is 0.770. The van der Waals surface area contributed by atoms with Crippen LogP contribution in [0, 0.1) is 11.6 Å². The molecule has 0 saturated heterocycles. The number of sulfonamides is 1. The van der Waals surface area contributed by atoms with Gasteiger partial charge in [0, 0.05) is 13.1 Å². The van der Waals surface area contributed by atoms with E-state index in [1.165, 1.54) is 13.2 Å². The largest absolute Gasteiger partial charge is 0.465 e. The number of carbonyl (C=O) groups excluding carboxylic acids is 1. The van der Waals surface area contributed by atoms with E-state index in [1.54, 1.807) is 0 Å². The van der Waals surface area contributed by atoms with E-state index in [0.717, 1.165) is 37.4 Å². The zero-order valence-electron chi connectivity index (χ0n) is 12.6. The molecule has 2 rings (SSSR count). The number of nitrogens with zero attached hydrogens (tertiary/aromatic N) is 1. The summed E-state index contributed by atoms with van der Waals surface area (Å²) < 4.78 is 57.4. The van der Waals surface area contributed by atoms with Crippen LogP contribution in [0.5, 0.6) is 0 Å². The van der Waals surface area contributed by atoms with Crippen molar-refractivity contribution in [3.63, 3.8) is 0 Å². The van der Waals surface area contributed by atoms with Gasteiger partial charge in [-0.2, -0.15) is 0 Å². The van der Waals surface area contributed by atoms with E-state index in [9.17, 15) is 22.0 Å². The molecule has 0 radical (unpaired) electrons. The Morgan fingerprint density at radius 3 is 2.42 bits per heavy atom. The van der Waals surface area contributed by atoms with Gasteiger partial charge in [-0.05, 0) is 30.3 Å². The van der Waals surface area contributed by atoms with Crippen molar-refractivity contribution in [3.8, 4) is 0 Å². The molecule has 0 unspecified atom stereocenters. The maximum Gasteiger partial charge on any atom is 0.337 e. The highest BCUT2D eigenvalue weighted by atomic mass is 35.5. The third-order valence-electron chi connectivity index (χ3n) is 3.24. The molecule has 128 valence electrons. The number of benzene rings is 2. The van der Waals surface area contributed by atoms with E-state index >= 15 is 0 Å². The van der Waals surface area contributed by atoms with Gasteiger partial charge in [0.2, 0.25) is 0 Å². The average Bonchev–Trinajstić information content (AvgIpc) is 2.55. The number of ether oxygens (including phenoxy) is 1. The predicted molar refractivity (Wildman–Crippen MR) is 84.7 cm³/mol. The van der Waals surface area contributed by atoms with Gasteiger partial charge < -0.3 is 4.74 Å². The van der Waals surface area contributed by atoms with Gasteiger partial charge in [0.15, 0.2) is 0 Å². The van der Waals surface area contributed by atoms with E-state index in [2.05, 4.69) is 4.74 Å². The Morgan fingerprint density at radius 1 is 1.17 bits per heavy atom. The SMILES string of the molecule is COC(=O)c1ccc(S(=O)(=O)N(C)c2cc(F)ccc2F)c(Cl)c1. The summed E-state index contributed by atoms with van der Waals surface area (Å²) >= 11 is 5.94. The molecule has 0 heterocycles. The molecule has 0 aliphatic heterocycles. The van der Waals surface area contributed by atoms with E-state index in [0.29, 0.717) is 4.31 Å². The molecule has 2 aromatic carbocycles. The molecule has 0 bridgehead atoms. The lowest BCUT2D eigenvalue weighted by Crippen LogP contribution is -2.28. The first-order valence-corrected chi connectivity index (χ1v) is 8.32. The zero-order valence-corrected chi connectivity index (χ0v) is 14.2. The van der Waals surface area contributed by atoms with Crippen LogP contribution in [-0.4, -0.2) is 28.5 Å². The molecule has 2 aromatic rings. The van der Waals surface area contributed by atoms with E-state index in [1.807, 2.05) is 0 Å². The second-order valence-electron chi connectivity index (χ2n) is 4.71. The van der Waals surface area contributed by atoms with Crippen molar-refractivity contribution in [2.24, 2.45) is 0 Å². The summed E-state index contributed by atoms with van der Waals surface area (Å²) in [6, 6.07) is 5.87. The maximum atomic E-state index is 13.8. The number of hydrogen-bond acceptors (Lipinski definition) is 4. The maximum absolute atomic E-state index is 13.8. The Morgan fingerprint density at radius 2 is 1.83 bits per heavy atom. The van der Waals surface area contributed by atoms with Gasteiger partial charge in [0.05, 0.1) is 23.4 Å². The topological polar surface area (TPSA) is 63.7 Å². The molecule has 24 heavy (non-hydrogen) atoms. The highest BCUT2D eigenvalue weighted by molar-refractivity contribution is 7.93. The second kappa shape index (κ2) is 6.74. The van der Waals surface area contributed by atoms with Crippen molar-refractivity contribution in [2.75, 3.05) is 18.5 Å². The molecule has 9 heteroatoms. The fourth-order valence-corrected chi connectivity index (χ4v) is 3.67. The summed E-state index contributed by atoms with van der Waals surface area (Å²) in [6.07, 6.45) is 0. The first-order chi connectivity index (χ1) is 11.2.